The smallest absolute Gasteiger partial charge is 0.194 e. The van der Waals surface area contributed by atoms with Crippen molar-refractivity contribution in [1.29, 1.82) is 0 Å². The molecule has 3 heteroatoms. The molecule has 2 heterocycles. The molecule has 1 aromatic carbocycles. The maximum atomic E-state index is 12.3. The van der Waals surface area contributed by atoms with Crippen molar-refractivity contribution >= 4 is 5.78 Å². The van der Waals surface area contributed by atoms with E-state index in [0.717, 1.165) is 30.8 Å². The van der Waals surface area contributed by atoms with Gasteiger partial charge in [-0.1, -0.05) is 0 Å². The van der Waals surface area contributed by atoms with Gasteiger partial charge < -0.3 is 4.74 Å². The Hall–Kier alpha value is -2.16. The molecule has 0 unspecified atom stereocenters. The van der Waals surface area contributed by atoms with Crippen LogP contribution in [0.15, 0.2) is 42.7 Å². The van der Waals surface area contributed by atoms with Crippen molar-refractivity contribution < 1.29 is 9.53 Å². The molecular weight excluding hydrogens is 226 g/mol. The Labute approximate surface area is 105 Å². The van der Waals surface area contributed by atoms with Crippen LogP contribution in [0.5, 0.6) is 5.75 Å². The van der Waals surface area contributed by atoms with Crippen molar-refractivity contribution in [3.63, 3.8) is 0 Å². The molecule has 0 N–H and O–H groups in total. The first kappa shape index (κ1) is 11.0. The van der Waals surface area contributed by atoms with Gasteiger partial charge >= 0.3 is 0 Å². The number of benzene rings is 1. The maximum Gasteiger partial charge on any atom is 0.194 e. The monoisotopic (exact) mass is 239 g/mol. The van der Waals surface area contributed by atoms with Gasteiger partial charge in [-0.2, -0.15) is 0 Å². The molecule has 1 aromatic heterocycles. The van der Waals surface area contributed by atoms with Crippen LogP contribution in [0, 0.1) is 0 Å². The summed E-state index contributed by atoms with van der Waals surface area (Å²) in [4.78, 5) is 16.2. The van der Waals surface area contributed by atoms with Crippen LogP contribution in [0.3, 0.4) is 0 Å². The largest absolute Gasteiger partial charge is 0.493 e. The van der Waals surface area contributed by atoms with Crippen molar-refractivity contribution in [3.8, 4) is 5.75 Å². The van der Waals surface area contributed by atoms with E-state index in [2.05, 4.69) is 4.98 Å². The molecule has 90 valence electrons. The molecule has 3 rings (SSSR count). The van der Waals surface area contributed by atoms with Gasteiger partial charge in [-0.25, -0.2) is 0 Å². The third-order valence-electron chi connectivity index (χ3n) is 3.09. The van der Waals surface area contributed by atoms with Gasteiger partial charge in [-0.3, -0.25) is 9.78 Å². The highest BCUT2D eigenvalue weighted by Gasteiger charge is 2.14. The van der Waals surface area contributed by atoms with Gasteiger partial charge in [0.05, 0.1) is 6.61 Å². The second-order valence-electron chi connectivity index (χ2n) is 4.35. The van der Waals surface area contributed by atoms with Crippen LogP contribution in [0.4, 0.5) is 0 Å². The van der Waals surface area contributed by atoms with Gasteiger partial charge in [0, 0.05) is 23.5 Å². The summed E-state index contributed by atoms with van der Waals surface area (Å²) in [6.07, 6.45) is 5.25. The number of ketones is 1. The van der Waals surface area contributed by atoms with Crippen molar-refractivity contribution in [2.75, 3.05) is 6.61 Å². The maximum absolute atomic E-state index is 12.3. The van der Waals surface area contributed by atoms with Crippen molar-refractivity contribution in [1.82, 2.24) is 4.98 Å². The normalized spacial score (nSPS) is 13.6. The first-order chi connectivity index (χ1) is 8.84. The van der Waals surface area contributed by atoms with E-state index in [1.807, 2.05) is 18.2 Å². The van der Waals surface area contributed by atoms with E-state index in [9.17, 15) is 4.79 Å². The zero-order valence-electron chi connectivity index (χ0n) is 9.93. The van der Waals surface area contributed by atoms with Crippen LogP contribution < -0.4 is 4.74 Å². The molecule has 3 nitrogen and oxygen atoms in total. The number of fused-ring (bicyclic) bond motifs is 1. The number of pyridine rings is 1. The Morgan fingerprint density at radius 3 is 3.00 bits per heavy atom. The number of carbonyl (C=O) groups excluding carboxylic acids is 1. The van der Waals surface area contributed by atoms with Gasteiger partial charge in [0.2, 0.25) is 0 Å². The predicted molar refractivity (Wildman–Crippen MR) is 67.9 cm³/mol. The van der Waals surface area contributed by atoms with Crippen LogP contribution >= 0.6 is 0 Å². The number of hydrogen-bond acceptors (Lipinski definition) is 3. The predicted octanol–water partition coefficient (Wildman–Crippen LogP) is 2.64. The van der Waals surface area contributed by atoms with Gasteiger partial charge in [-0.05, 0) is 48.7 Å². The second-order valence-corrected chi connectivity index (χ2v) is 4.35. The van der Waals surface area contributed by atoms with Crippen LogP contribution in [-0.2, 0) is 6.42 Å². The standard InChI is InChI=1S/C15H13NO2/c17-15(13-3-1-7-16-10-13)12-5-6-14-11(9-12)4-2-8-18-14/h1,3,5-7,9-10H,2,4,8H2. The third-order valence-corrected chi connectivity index (χ3v) is 3.09. The number of hydrogen-bond donors (Lipinski definition) is 0. The number of nitrogens with zero attached hydrogens (tertiary/aromatic N) is 1. The molecule has 1 aliphatic rings. The lowest BCUT2D eigenvalue weighted by Crippen LogP contribution is -2.10. The summed E-state index contributed by atoms with van der Waals surface area (Å²) in [6.45, 7) is 0.767. The first-order valence-electron chi connectivity index (χ1n) is 6.05. The van der Waals surface area contributed by atoms with Crippen LogP contribution in [0.1, 0.15) is 27.9 Å². The van der Waals surface area contributed by atoms with E-state index in [1.54, 1.807) is 24.5 Å². The van der Waals surface area contributed by atoms with Gasteiger partial charge in [0.15, 0.2) is 5.78 Å². The van der Waals surface area contributed by atoms with Crippen LogP contribution in [-0.4, -0.2) is 17.4 Å². The molecule has 0 spiro atoms. The van der Waals surface area contributed by atoms with Crippen LogP contribution in [0.2, 0.25) is 0 Å². The molecule has 0 atom stereocenters. The van der Waals surface area contributed by atoms with Gasteiger partial charge in [0.1, 0.15) is 5.75 Å². The number of rotatable bonds is 2. The Balaban J connectivity index is 1.95. The fourth-order valence-electron chi connectivity index (χ4n) is 2.17. The molecule has 18 heavy (non-hydrogen) atoms. The highest BCUT2D eigenvalue weighted by atomic mass is 16.5. The Morgan fingerprint density at radius 1 is 1.22 bits per heavy atom. The van der Waals surface area contributed by atoms with E-state index >= 15 is 0 Å². The topological polar surface area (TPSA) is 39.2 Å². The lowest BCUT2D eigenvalue weighted by Gasteiger charge is -2.17. The zero-order valence-corrected chi connectivity index (χ0v) is 9.93. The van der Waals surface area contributed by atoms with E-state index in [4.69, 9.17) is 4.74 Å². The SMILES string of the molecule is O=C(c1cccnc1)c1ccc2c(c1)CCCO2. The summed E-state index contributed by atoms with van der Waals surface area (Å²) in [5, 5.41) is 0. The van der Waals surface area contributed by atoms with E-state index in [0.29, 0.717) is 11.1 Å². The molecule has 0 saturated heterocycles. The molecule has 1 aliphatic heterocycles. The zero-order chi connectivity index (χ0) is 12.4. The quantitative estimate of drug-likeness (QED) is 0.756. The average Bonchev–Trinajstić information content (AvgIpc) is 2.47. The van der Waals surface area contributed by atoms with Gasteiger partial charge in [0.25, 0.3) is 0 Å². The minimum absolute atomic E-state index is 0.0106. The Kier molecular flexibility index (Phi) is 2.81. The Bertz CT molecular complexity index is 578. The minimum Gasteiger partial charge on any atom is -0.493 e. The highest BCUT2D eigenvalue weighted by molar-refractivity contribution is 6.08. The molecule has 0 aliphatic carbocycles. The number of ether oxygens (including phenoxy) is 1. The van der Waals surface area contributed by atoms with E-state index in [1.165, 1.54) is 0 Å². The lowest BCUT2D eigenvalue weighted by molar-refractivity contribution is 0.103. The highest BCUT2D eigenvalue weighted by Crippen LogP contribution is 2.26. The number of carbonyl (C=O) groups is 1. The van der Waals surface area contributed by atoms with E-state index in [-0.39, 0.29) is 5.78 Å². The third kappa shape index (κ3) is 1.99. The molecule has 0 bridgehead atoms. The molecule has 0 amide bonds. The summed E-state index contributed by atoms with van der Waals surface area (Å²) < 4.78 is 5.54. The molecule has 0 radical (unpaired) electrons. The van der Waals surface area contributed by atoms with Gasteiger partial charge in [-0.15, -0.1) is 0 Å². The average molecular weight is 239 g/mol. The molecule has 2 aromatic rings. The number of aryl methyl sites for hydroxylation is 1. The second kappa shape index (κ2) is 4.61. The van der Waals surface area contributed by atoms with Crippen molar-refractivity contribution in [2.24, 2.45) is 0 Å². The first-order valence-corrected chi connectivity index (χ1v) is 6.05. The number of aromatic nitrogens is 1. The van der Waals surface area contributed by atoms with Crippen LogP contribution in [0.25, 0.3) is 0 Å². The summed E-state index contributed by atoms with van der Waals surface area (Å²) in [5.41, 5.74) is 2.44. The summed E-state index contributed by atoms with van der Waals surface area (Å²) >= 11 is 0. The van der Waals surface area contributed by atoms with E-state index < -0.39 is 0 Å². The fraction of sp³-hybridized carbons (Fsp3) is 0.200. The molecular formula is C15H13NO2. The summed E-state index contributed by atoms with van der Waals surface area (Å²) in [6, 6.07) is 9.20. The fourth-order valence-corrected chi connectivity index (χ4v) is 2.17. The lowest BCUT2D eigenvalue weighted by atomic mass is 9.99. The van der Waals surface area contributed by atoms with Crippen molar-refractivity contribution in [3.05, 3.63) is 59.4 Å². The summed E-state index contributed by atoms with van der Waals surface area (Å²) in [5.74, 6) is 0.917. The molecule has 0 fully saturated rings. The summed E-state index contributed by atoms with van der Waals surface area (Å²) in [7, 11) is 0. The molecule has 0 saturated carbocycles. The minimum atomic E-state index is 0.0106. The van der Waals surface area contributed by atoms with Crippen molar-refractivity contribution in [2.45, 2.75) is 12.8 Å². The Morgan fingerprint density at radius 2 is 2.17 bits per heavy atom.